The molecule has 4 aromatic rings. The van der Waals surface area contributed by atoms with E-state index in [9.17, 15) is 4.79 Å². The van der Waals surface area contributed by atoms with Gasteiger partial charge in [-0.15, -0.1) is 0 Å². The van der Waals surface area contributed by atoms with Crippen molar-refractivity contribution in [2.24, 2.45) is 5.10 Å². The van der Waals surface area contributed by atoms with E-state index in [0.29, 0.717) is 11.5 Å². The van der Waals surface area contributed by atoms with E-state index in [-0.39, 0.29) is 12.5 Å². The summed E-state index contributed by atoms with van der Waals surface area (Å²) in [5.41, 5.74) is 6.48. The highest BCUT2D eigenvalue weighted by atomic mass is 16.6. The van der Waals surface area contributed by atoms with Crippen LogP contribution in [0.4, 0.5) is 0 Å². The van der Waals surface area contributed by atoms with Crippen LogP contribution >= 0.6 is 0 Å². The Morgan fingerprint density at radius 1 is 0.967 bits per heavy atom. The summed E-state index contributed by atoms with van der Waals surface area (Å²) in [5.74, 6) is 0.828. The van der Waals surface area contributed by atoms with Crippen molar-refractivity contribution in [1.29, 1.82) is 0 Å². The number of para-hydroxylation sites is 3. The summed E-state index contributed by atoms with van der Waals surface area (Å²) in [6.45, 7) is 0.140. The van der Waals surface area contributed by atoms with Crippen molar-refractivity contribution in [1.82, 2.24) is 10.4 Å². The van der Waals surface area contributed by atoms with Crippen molar-refractivity contribution in [3.63, 3.8) is 0 Å². The monoisotopic (exact) mass is 397 g/mol. The second-order valence-electron chi connectivity index (χ2n) is 6.92. The summed E-state index contributed by atoms with van der Waals surface area (Å²) >= 11 is 0. The molecule has 1 amide bonds. The first-order valence-corrected chi connectivity index (χ1v) is 9.67. The predicted molar refractivity (Wildman–Crippen MR) is 116 cm³/mol. The number of hydrogen-bond acceptors (Lipinski definition) is 4. The number of hydrogen-bond donors (Lipinski definition) is 2. The minimum Gasteiger partial charge on any atom is -0.485 e. The lowest BCUT2D eigenvalue weighted by Gasteiger charge is -2.24. The number of nitrogens with one attached hydrogen (secondary N) is 2. The number of amides is 1. The van der Waals surface area contributed by atoms with Gasteiger partial charge in [0.2, 0.25) is 6.10 Å². The van der Waals surface area contributed by atoms with Crippen LogP contribution in [0.25, 0.3) is 22.2 Å². The van der Waals surface area contributed by atoms with Crippen LogP contribution in [0.5, 0.6) is 11.5 Å². The highest BCUT2D eigenvalue weighted by Crippen LogP contribution is 2.31. The standard InChI is InChI=1S/C24H19N3O3/c28-24(22-15-29-20-12-6-7-13-21(20)30-22)27-25-14-18-17-10-4-5-11-19(17)26-23(18)16-8-2-1-3-9-16/h1-14,22,26H,15H2,(H,27,28)/b25-14+. The van der Waals surface area contributed by atoms with Gasteiger partial charge in [-0.1, -0.05) is 60.7 Å². The molecule has 30 heavy (non-hydrogen) atoms. The first kappa shape index (κ1) is 18.0. The van der Waals surface area contributed by atoms with Crippen LogP contribution in [0, 0.1) is 0 Å². The normalized spacial score (nSPS) is 15.4. The number of carbonyl (C=O) groups is 1. The van der Waals surface area contributed by atoms with Gasteiger partial charge in [-0.3, -0.25) is 4.79 Å². The van der Waals surface area contributed by atoms with E-state index in [4.69, 9.17) is 9.47 Å². The molecule has 0 saturated carbocycles. The van der Waals surface area contributed by atoms with E-state index >= 15 is 0 Å². The average Bonchev–Trinajstić information content (AvgIpc) is 3.18. The van der Waals surface area contributed by atoms with E-state index in [2.05, 4.69) is 15.5 Å². The quantitative estimate of drug-likeness (QED) is 0.402. The van der Waals surface area contributed by atoms with Crippen molar-refractivity contribution < 1.29 is 14.3 Å². The number of H-pyrrole nitrogens is 1. The van der Waals surface area contributed by atoms with E-state index in [1.807, 2.05) is 72.8 Å². The summed E-state index contributed by atoms with van der Waals surface area (Å²) in [7, 11) is 0. The van der Waals surface area contributed by atoms with Gasteiger partial charge < -0.3 is 14.5 Å². The molecule has 1 unspecified atom stereocenters. The number of benzene rings is 3. The summed E-state index contributed by atoms with van der Waals surface area (Å²) in [4.78, 5) is 16.0. The Bertz CT molecular complexity index is 1230. The number of nitrogens with zero attached hydrogens (tertiary/aromatic N) is 1. The molecule has 1 atom stereocenters. The molecule has 0 bridgehead atoms. The van der Waals surface area contributed by atoms with Gasteiger partial charge >= 0.3 is 0 Å². The molecule has 148 valence electrons. The fourth-order valence-corrected chi connectivity index (χ4v) is 3.51. The molecule has 1 aromatic heterocycles. The Morgan fingerprint density at radius 3 is 2.57 bits per heavy atom. The summed E-state index contributed by atoms with van der Waals surface area (Å²) in [5, 5.41) is 5.23. The molecule has 1 aliphatic rings. The maximum absolute atomic E-state index is 12.5. The maximum Gasteiger partial charge on any atom is 0.284 e. The number of aromatic nitrogens is 1. The second kappa shape index (κ2) is 7.75. The first-order valence-electron chi connectivity index (χ1n) is 9.67. The van der Waals surface area contributed by atoms with Gasteiger partial charge in [0.1, 0.15) is 6.61 Å². The van der Waals surface area contributed by atoms with Crippen molar-refractivity contribution >= 4 is 23.0 Å². The van der Waals surface area contributed by atoms with Crippen molar-refractivity contribution in [3.8, 4) is 22.8 Å². The van der Waals surface area contributed by atoms with Gasteiger partial charge in [0.05, 0.1) is 11.9 Å². The van der Waals surface area contributed by atoms with Gasteiger partial charge in [0.15, 0.2) is 11.5 Å². The number of fused-ring (bicyclic) bond motifs is 2. The Balaban J connectivity index is 1.38. The molecule has 0 fully saturated rings. The van der Waals surface area contributed by atoms with Crippen LogP contribution < -0.4 is 14.9 Å². The summed E-state index contributed by atoms with van der Waals surface area (Å²) < 4.78 is 11.3. The molecule has 3 aromatic carbocycles. The molecule has 2 N–H and O–H groups in total. The lowest BCUT2D eigenvalue weighted by molar-refractivity contribution is -0.130. The molecular formula is C24H19N3O3. The second-order valence-corrected chi connectivity index (χ2v) is 6.92. The third-order valence-electron chi connectivity index (χ3n) is 4.98. The zero-order valence-corrected chi connectivity index (χ0v) is 16.0. The molecule has 1 aliphatic heterocycles. The van der Waals surface area contributed by atoms with Crippen LogP contribution in [0.2, 0.25) is 0 Å². The Labute approximate surface area is 173 Å². The van der Waals surface area contributed by atoms with E-state index < -0.39 is 6.10 Å². The minimum atomic E-state index is -0.756. The lowest BCUT2D eigenvalue weighted by Crippen LogP contribution is -2.42. The van der Waals surface area contributed by atoms with Crippen LogP contribution in [0.3, 0.4) is 0 Å². The topological polar surface area (TPSA) is 75.7 Å². The van der Waals surface area contributed by atoms with Gasteiger partial charge in [0, 0.05) is 16.5 Å². The SMILES string of the molecule is O=C(N/N=C/c1c(-c2ccccc2)[nH]c2ccccc12)C1COc2ccccc2O1. The van der Waals surface area contributed by atoms with Gasteiger partial charge in [-0.2, -0.15) is 5.10 Å². The summed E-state index contributed by atoms with van der Waals surface area (Å²) in [6, 6.07) is 25.3. The van der Waals surface area contributed by atoms with Gasteiger partial charge in [-0.05, 0) is 23.8 Å². The summed E-state index contributed by atoms with van der Waals surface area (Å²) in [6.07, 6.45) is 0.907. The Morgan fingerprint density at radius 2 is 1.70 bits per heavy atom. The zero-order chi connectivity index (χ0) is 20.3. The van der Waals surface area contributed by atoms with E-state index in [0.717, 1.165) is 27.7 Å². The van der Waals surface area contributed by atoms with Crippen molar-refractivity contribution in [3.05, 3.63) is 84.4 Å². The number of ether oxygens (including phenoxy) is 2. The van der Waals surface area contributed by atoms with Crippen LogP contribution in [-0.2, 0) is 4.79 Å². The molecule has 5 rings (SSSR count). The highest BCUT2D eigenvalue weighted by molar-refractivity contribution is 6.06. The van der Waals surface area contributed by atoms with Crippen molar-refractivity contribution in [2.45, 2.75) is 6.10 Å². The lowest BCUT2D eigenvalue weighted by atomic mass is 10.1. The van der Waals surface area contributed by atoms with Gasteiger partial charge in [-0.25, -0.2) is 5.43 Å². The molecule has 2 heterocycles. The number of hydrazone groups is 1. The number of carbonyl (C=O) groups excluding carboxylic acids is 1. The van der Waals surface area contributed by atoms with Gasteiger partial charge in [0.25, 0.3) is 5.91 Å². The maximum atomic E-state index is 12.5. The third-order valence-corrected chi connectivity index (χ3v) is 4.98. The minimum absolute atomic E-state index is 0.140. The molecule has 0 spiro atoms. The number of aromatic amines is 1. The zero-order valence-electron chi connectivity index (χ0n) is 16.0. The molecule has 0 aliphatic carbocycles. The Hall–Kier alpha value is -4.06. The van der Waals surface area contributed by atoms with Crippen molar-refractivity contribution in [2.75, 3.05) is 6.61 Å². The molecular weight excluding hydrogens is 378 g/mol. The first-order chi connectivity index (χ1) is 14.8. The van der Waals surface area contributed by atoms with Crippen LogP contribution in [0.1, 0.15) is 5.56 Å². The molecule has 0 saturated heterocycles. The Kier molecular flexibility index (Phi) is 4.65. The van der Waals surface area contributed by atoms with Crippen LogP contribution in [0.15, 0.2) is 84.0 Å². The largest absolute Gasteiger partial charge is 0.485 e. The fourth-order valence-electron chi connectivity index (χ4n) is 3.51. The fraction of sp³-hybridized carbons (Fsp3) is 0.0833. The molecule has 6 nitrogen and oxygen atoms in total. The van der Waals surface area contributed by atoms with Crippen LogP contribution in [-0.4, -0.2) is 29.8 Å². The third kappa shape index (κ3) is 3.39. The smallest absolute Gasteiger partial charge is 0.284 e. The van der Waals surface area contributed by atoms with E-state index in [1.165, 1.54) is 0 Å². The predicted octanol–water partition coefficient (Wildman–Crippen LogP) is 4.13. The van der Waals surface area contributed by atoms with E-state index in [1.54, 1.807) is 12.3 Å². The average molecular weight is 397 g/mol. The molecule has 0 radical (unpaired) electrons. The molecule has 6 heteroatoms. The number of rotatable bonds is 4. The highest BCUT2D eigenvalue weighted by Gasteiger charge is 2.27.